The Hall–Kier alpha value is -0.480. The molecule has 1 fully saturated rings. The second-order valence-corrected chi connectivity index (χ2v) is 5.07. The third-order valence-corrected chi connectivity index (χ3v) is 3.76. The van der Waals surface area contributed by atoms with Gasteiger partial charge in [0.05, 0.1) is 10.0 Å². The molecule has 18 heavy (non-hydrogen) atoms. The maximum Gasteiger partial charge on any atom is 0.157 e. The SMILES string of the molecule is CCOC1C(NC)CC1Oc1c(Cl)cccc1Cl. The molecule has 0 aliphatic heterocycles. The highest BCUT2D eigenvalue weighted by atomic mass is 35.5. The number of para-hydroxylation sites is 1. The van der Waals surface area contributed by atoms with E-state index < -0.39 is 0 Å². The van der Waals surface area contributed by atoms with Gasteiger partial charge in [-0.3, -0.25) is 0 Å². The Morgan fingerprint density at radius 3 is 2.56 bits per heavy atom. The number of nitrogens with one attached hydrogen (secondary N) is 1. The molecule has 100 valence electrons. The van der Waals surface area contributed by atoms with Gasteiger partial charge in [-0.25, -0.2) is 0 Å². The fourth-order valence-electron chi connectivity index (χ4n) is 2.14. The van der Waals surface area contributed by atoms with Gasteiger partial charge in [-0.1, -0.05) is 29.3 Å². The van der Waals surface area contributed by atoms with Gasteiger partial charge in [0.2, 0.25) is 0 Å². The van der Waals surface area contributed by atoms with Gasteiger partial charge in [0, 0.05) is 19.1 Å². The van der Waals surface area contributed by atoms with Gasteiger partial charge in [0.25, 0.3) is 0 Å². The summed E-state index contributed by atoms with van der Waals surface area (Å²) < 4.78 is 11.6. The smallest absolute Gasteiger partial charge is 0.157 e. The second-order valence-electron chi connectivity index (χ2n) is 4.26. The summed E-state index contributed by atoms with van der Waals surface area (Å²) in [5.74, 6) is 0.546. The quantitative estimate of drug-likeness (QED) is 0.903. The number of hydrogen-bond donors (Lipinski definition) is 1. The fraction of sp³-hybridized carbons (Fsp3) is 0.538. The summed E-state index contributed by atoms with van der Waals surface area (Å²) in [4.78, 5) is 0. The molecule has 3 atom stereocenters. The summed E-state index contributed by atoms with van der Waals surface area (Å²) >= 11 is 12.2. The van der Waals surface area contributed by atoms with Crippen LogP contribution in [0.1, 0.15) is 13.3 Å². The number of likely N-dealkylation sites (N-methyl/N-ethyl adjacent to an activating group) is 1. The Morgan fingerprint density at radius 1 is 1.33 bits per heavy atom. The molecular formula is C13H17Cl2NO2. The van der Waals surface area contributed by atoms with Crippen molar-refractivity contribution in [2.45, 2.75) is 31.6 Å². The molecule has 0 spiro atoms. The fourth-order valence-corrected chi connectivity index (χ4v) is 2.63. The molecule has 1 aromatic rings. The van der Waals surface area contributed by atoms with Crippen LogP contribution in [0, 0.1) is 0 Å². The van der Waals surface area contributed by atoms with E-state index in [9.17, 15) is 0 Å². The zero-order valence-corrected chi connectivity index (χ0v) is 12.0. The van der Waals surface area contributed by atoms with E-state index in [1.165, 1.54) is 0 Å². The molecule has 3 nitrogen and oxygen atoms in total. The number of rotatable bonds is 5. The van der Waals surface area contributed by atoms with Crippen LogP contribution in [0.4, 0.5) is 0 Å². The van der Waals surface area contributed by atoms with Crippen molar-refractivity contribution in [3.05, 3.63) is 28.2 Å². The summed E-state index contributed by atoms with van der Waals surface area (Å²) in [5, 5.41) is 4.28. The van der Waals surface area contributed by atoms with Gasteiger partial charge in [0.15, 0.2) is 5.75 Å². The maximum absolute atomic E-state index is 6.08. The Balaban J connectivity index is 2.06. The summed E-state index contributed by atoms with van der Waals surface area (Å²) in [6.07, 6.45) is 0.940. The van der Waals surface area contributed by atoms with Crippen molar-refractivity contribution in [2.75, 3.05) is 13.7 Å². The highest BCUT2D eigenvalue weighted by Crippen LogP contribution is 2.37. The molecule has 1 aliphatic carbocycles. The maximum atomic E-state index is 6.08. The monoisotopic (exact) mass is 289 g/mol. The van der Waals surface area contributed by atoms with E-state index in [-0.39, 0.29) is 12.2 Å². The third-order valence-electron chi connectivity index (χ3n) is 3.17. The molecule has 5 heteroatoms. The van der Waals surface area contributed by atoms with Gasteiger partial charge in [-0.15, -0.1) is 0 Å². The molecule has 1 aliphatic rings. The van der Waals surface area contributed by atoms with E-state index >= 15 is 0 Å². The first kappa shape index (κ1) is 13.9. The number of benzene rings is 1. The first-order valence-electron chi connectivity index (χ1n) is 6.07. The Kier molecular flexibility index (Phi) is 4.73. The van der Waals surface area contributed by atoms with Crippen LogP contribution < -0.4 is 10.1 Å². The van der Waals surface area contributed by atoms with E-state index in [1.807, 2.05) is 14.0 Å². The molecule has 1 N–H and O–H groups in total. The molecule has 2 rings (SSSR count). The van der Waals surface area contributed by atoms with Crippen molar-refractivity contribution >= 4 is 23.2 Å². The minimum Gasteiger partial charge on any atom is -0.484 e. The molecule has 0 radical (unpaired) electrons. The lowest BCUT2D eigenvalue weighted by Crippen LogP contribution is -2.60. The van der Waals surface area contributed by atoms with Gasteiger partial charge in [-0.05, 0) is 26.1 Å². The van der Waals surface area contributed by atoms with Gasteiger partial charge < -0.3 is 14.8 Å². The van der Waals surface area contributed by atoms with Crippen LogP contribution in [-0.2, 0) is 4.74 Å². The van der Waals surface area contributed by atoms with Crippen LogP contribution >= 0.6 is 23.2 Å². The van der Waals surface area contributed by atoms with Crippen LogP contribution in [-0.4, -0.2) is 31.9 Å². The molecular weight excluding hydrogens is 273 g/mol. The molecule has 0 saturated heterocycles. The average molecular weight is 290 g/mol. The highest BCUT2D eigenvalue weighted by Gasteiger charge is 2.43. The van der Waals surface area contributed by atoms with E-state index in [4.69, 9.17) is 32.7 Å². The molecule has 0 amide bonds. The normalized spacial score (nSPS) is 26.8. The molecule has 0 heterocycles. The molecule has 1 saturated carbocycles. The highest BCUT2D eigenvalue weighted by molar-refractivity contribution is 6.37. The molecule has 3 unspecified atom stereocenters. The van der Waals surface area contributed by atoms with Crippen molar-refractivity contribution in [3.8, 4) is 5.75 Å². The average Bonchev–Trinajstić information content (AvgIpc) is 2.34. The summed E-state index contributed by atoms with van der Waals surface area (Å²) in [6.45, 7) is 2.64. The largest absolute Gasteiger partial charge is 0.484 e. The Labute approximate surface area is 117 Å². The Bertz CT molecular complexity index is 394. The zero-order chi connectivity index (χ0) is 13.1. The van der Waals surface area contributed by atoms with Crippen molar-refractivity contribution < 1.29 is 9.47 Å². The van der Waals surface area contributed by atoms with Crippen LogP contribution in [0.15, 0.2) is 18.2 Å². The second kappa shape index (κ2) is 6.11. The lowest BCUT2D eigenvalue weighted by Gasteiger charge is -2.43. The number of ether oxygens (including phenoxy) is 2. The van der Waals surface area contributed by atoms with Crippen LogP contribution in [0.3, 0.4) is 0 Å². The van der Waals surface area contributed by atoms with E-state index in [0.29, 0.717) is 28.4 Å². The van der Waals surface area contributed by atoms with Crippen LogP contribution in [0.2, 0.25) is 10.0 Å². The molecule has 0 aromatic heterocycles. The summed E-state index contributed by atoms with van der Waals surface area (Å²) in [5.41, 5.74) is 0. The van der Waals surface area contributed by atoms with Gasteiger partial charge >= 0.3 is 0 Å². The van der Waals surface area contributed by atoms with Crippen LogP contribution in [0.25, 0.3) is 0 Å². The Morgan fingerprint density at radius 2 is 2.00 bits per heavy atom. The lowest BCUT2D eigenvalue weighted by atomic mass is 9.85. The van der Waals surface area contributed by atoms with Gasteiger partial charge in [0.1, 0.15) is 12.2 Å². The zero-order valence-electron chi connectivity index (χ0n) is 10.5. The topological polar surface area (TPSA) is 30.5 Å². The predicted molar refractivity (Wildman–Crippen MR) is 73.8 cm³/mol. The van der Waals surface area contributed by atoms with E-state index in [2.05, 4.69) is 5.32 Å². The lowest BCUT2D eigenvalue weighted by molar-refractivity contribution is -0.103. The van der Waals surface area contributed by atoms with Crippen molar-refractivity contribution in [2.24, 2.45) is 0 Å². The van der Waals surface area contributed by atoms with Crippen molar-refractivity contribution in [3.63, 3.8) is 0 Å². The first-order chi connectivity index (χ1) is 8.67. The minimum absolute atomic E-state index is 0.000185. The van der Waals surface area contributed by atoms with E-state index in [1.54, 1.807) is 18.2 Å². The first-order valence-corrected chi connectivity index (χ1v) is 6.82. The predicted octanol–water partition coefficient (Wildman–Crippen LogP) is 3.14. The minimum atomic E-state index is -0.000185. The number of hydrogen-bond acceptors (Lipinski definition) is 3. The summed E-state index contributed by atoms with van der Waals surface area (Å²) in [7, 11) is 1.93. The third kappa shape index (κ3) is 2.75. The molecule has 1 aromatic carbocycles. The van der Waals surface area contributed by atoms with Crippen LogP contribution in [0.5, 0.6) is 5.75 Å². The van der Waals surface area contributed by atoms with Crippen molar-refractivity contribution in [1.29, 1.82) is 0 Å². The van der Waals surface area contributed by atoms with Gasteiger partial charge in [-0.2, -0.15) is 0 Å². The number of halogens is 2. The standard InChI is InChI=1S/C13H17Cl2NO2/c1-3-17-13-10(16-2)7-11(13)18-12-8(14)5-4-6-9(12)15/h4-6,10-11,13,16H,3,7H2,1-2H3. The van der Waals surface area contributed by atoms with E-state index in [0.717, 1.165) is 6.42 Å². The van der Waals surface area contributed by atoms with Crippen molar-refractivity contribution in [1.82, 2.24) is 5.32 Å². The summed E-state index contributed by atoms with van der Waals surface area (Å²) in [6, 6.07) is 5.67. The molecule has 0 bridgehead atoms.